The van der Waals surface area contributed by atoms with Gasteiger partial charge in [0.05, 0.1) is 17.8 Å². The van der Waals surface area contributed by atoms with Crippen LogP contribution in [0.1, 0.15) is 27.2 Å². The number of fused-ring (bicyclic) bond motifs is 1. The van der Waals surface area contributed by atoms with Gasteiger partial charge in [-0.25, -0.2) is 9.97 Å². The predicted molar refractivity (Wildman–Crippen MR) is 111 cm³/mol. The topological polar surface area (TPSA) is 82.4 Å². The third-order valence-electron chi connectivity index (χ3n) is 5.08. The van der Waals surface area contributed by atoms with Crippen molar-refractivity contribution in [1.82, 2.24) is 19.9 Å². The lowest BCUT2D eigenvalue weighted by molar-refractivity contribution is 0.0728. The molecule has 0 aliphatic carbocycles. The van der Waals surface area contributed by atoms with Crippen LogP contribution in [0.2, 0.25) is 0 Å². The van der Waals surface area contributed by atoms with E-state index in [9.17, 15) is 9.90 Å². The van der Waals surface area contributed by atoms with Crippen molar-refractivity contribution in [2.75, 3.05) is 25.5 Å². The highest BCUT2D eigenvalue weighted by molar-refractivity contribution is 5.97. The maximum absolute atomic E-state index is 13.1. The monoisotopic (exact) mass is 389 g/mol. The number of hydrogen-bond acceptors (Lipinski definition) is 6. The number of pyridine rings is 1. The third kappa shape index (κ3) is 3.63. The molecular formula is C22H23N5O2. The van der Waals surface area contributed by atoms with Crippen molar-refractivity contribution in [3.05, 3.63) is 65.1 Å². The lowest BCUT2D eigenvalue weighted by atomic mass is 10.0. The summed E-state index contributed by atoms with van der Waals surface area (Å²) >= 11 is 0. The number of phenolic OH excluding ortho intramolecular Hbond substituents is 1. The van der Waals surface area contributed by atoms with Crippen molar-refractivity contribution in [3.63, 3.8) is 0 Å². The molecule has 7 heteroatoms. The molecule has 0 radical (unpaired) electrons. The molecule has 1 aliphatic rings. The van der Waals surface area contributed by atoms with Crippen LogP contribution >= 0.6 is 0 Å². The number of aromatic nitrogens is 3. The summed E-state index contributed by atoms with van der Waals surface area (Å²) < 4.78 is 0. The van der Waals surface area contributed by atoms with Crippen LogP contribution in [-0.4, -0.2) is 51.5 Å². The van der Waals surface area contributed by atoms with Gasteiger partial charge in [-0.2, -0.15) is 0 Å². The van der Waals surface area contributed by atoms with Gasteiger partial charge in [0.15, 0.2) is 5.82 Å². The molecule has 1 aromatic carbocycles. The molecule has 0 bridgehead atoms. The van der Waals surface area contributed by atoms with Gasteiger partial charge in [-0.3, -0.25) is 9.78 Å². The number of aromatic hydroxyl groups is 1. The van der Waals surface area contributed by atoms with Gasteiger partial charge in [0.25, 0.3) is 5.91 Å². The summed E-state index contributed by atoms with van der Waals surface area (Å²) in [5.74, 6) is 1.29. The molecule has 29 heavy (non-hydrogen) atoms. The fourth-order valence-electron chi connectivity index (χ4n) is 3.58. The highest BCUT2D eigenvalue weighted by atomic mass is 16.3. The van der Waals surface area contributed by atoms with E-state index < -0.39 is 0 Å². The molecule has 0 saturated carbocycles. The lowest BCUT2D eigenvalue weighted by Gasteiger charge is -2.31. The molecule has 148 valence electrons. The number of aryl methyl sites for hydroxylation is 1. The Morgan fingerprint density at radius 2 is 1.90 bits per heavy atom. The molecule has 7 nitrogen and oxygen atoms in total. The van der Waals surface area contributed by atoms with Crippen LogP contribution in [0.3, 0.4) is 0 Å². The first-order valence-electron chi connectivity index (χ1n) is 9.50. The summed E-state index contributed by atoms with van der Waals surface area (Å²) in [7, 11) is 3.92. The van der Waals surface area contributed by atoms with Crippen LogP contribution in [-0.2, 0) is 13.0 Å². The number of phenols is 1. The molecule has 4 rings (SSSR count). The van der Waals surface area contributed by atoms with E-state index in [1.165, 1.54) is 0 Å². The van der Waals surface area contributed by atoms with Gasteiger partial charge in [-0.05, 0) is 37.6 Å². The number of amides is 1. The average molecular weight is 389 g/mol. The van der Waals surface area contributed by atoms with Crippen LogP contribution in [0.25, 0.3) is 11.4 Å². The first kappa shape index (κ1) is 18.9. The Balaban J connectivity index is 1.72. The van der Waals surface area contributed by atoms with Crippen molar-refractivity contribution >= 4 is 11.7 Å². The quantitative estimate of drug-likeness (QED) is 0.742. The molecule has 3 aromatic rings. The van der Waals surface area contributed by atoms with Gasteiger partial charge in [0.2, 0.25) is 0 Å². The molecule has 1 amide bonds. The summed E-state index contributed by atoms with van der Waals surface area (Å²) in [5, 5.41) is 10.2. The molecular weight excluding hydrogens is 366 g/mol. The normalized spacial score (nSPS) is 13.1. The minimum absolute atomic E-state index is 0.000500. The van der Waals surface area contributed by atoms with Gasteiger partial charge in [-0.15, -0.1) is 0 Å². The Bertz CT molecular complexity index is 1070. The van der Waals surface area contributed by atoms with E-state index in [0.29, 0.717) is 30.9 Å². The summed E-state index contributed by atoms with van der Waals surface area (Å²) in [6, 6.07) is 8.82. The standard InChI is InChI=1S/C22H23N5O2/c1-14-4-5-19(28)17(12-14)22(29)27-11-8-16-18(13-27)24-20(25-21(16)26(2)3)15-6-9-23-10-7-15/h4-7,9-10,12,28H,8,11,13H2,1-3H3. The van der Waals surface area contributed by atoms with Gasteiger partial charge in [0, 0.05) is 44.2 Å². The van der Waals surface area contributed by atoms with Crippen molar-refractivity contribution in [2.45, 2.75) is 19.9 Å². The largest absolute Gasteiger partial charge is 0.507 e. The molecule has 0 saturated heterocycles. The Morgan fingerprint density at radius 1 is 1.14 bits per heavy atom. The van der Waals surface area contributed by atoms with Crippen LogP contribution in [0.4, 0.5) is 5.82 Å². The summed E-state index contributed by atoms with van der Waals surface area (Å²) in [6.45, 7) is 2.83. The van der Waals surface area contributed by atoms with Gasteiger partial charge in [-0.1, -0.05) is 11.6 Å². The molecule has 1 aliphatic heterocycles. The maximum atomic E-state index is 13.1. The van der Waals surface area contributed by atoms with Gasteiger partial charge < -0.3 is 14.9 Å². The zero-order chi connectivity index (χ0) is 20.5. The van der Waals surface area contributed by atoms with E-state index in [1.54, 1.807) is 35.5 Å². The van der Waals surface area contributed by atoms with E-state index in [-0.39, 0.29) is 11.7 Å². The molecule has 0 atom stereocenters. The Hall–Kier alpha value is -3.48. The fraction of sp³-hybridized carbons (Fsp3) is 0.273. The van der Waals surface area contributed by atoms with Gasteiger partial charge in [0.1, 0.15) is 11.6 Å². The number of anilines is 1. The van der Waals surface area contributed by atoms with E-state index >= 15 is 0 Å². The maximum Gasteiger partial charge on any atom is 0.257 e. The van der Waals surface area contributed by atoms with Crippen molar-refractivity contribution < 1.29 is 9.90 Å². The highest BCUT2D eigenvalue weighted by Gasteiger charge is 2.28. The zero-order valence-corrected chi connectivity index (χ0v) is 16.8. The molecule has 3 heterocycles. The minimum atomic E-state index is -0.188. The Kier molecular flexibility index (Phi) is 4.88. The number of nitrogens with zero attached hydrogens (tertiary/aromatic N) is 5. The van der Waals surface area contributed by atoms with Crippen LogP contribution in [0.15, 0.2) is 42.7 Å². The molecule has 0 unspecified atom stereocenters. The SMILES string of the molecule is Cc1ccc(O)c(C(=O)N2CCc3c(nc(-c4ccncc4)nc3N(C)C)C2)c1. The average Bonchev–Trinajstić information content (AvgIpc) is 2.74. The summed E-state index contributed by atoms with van der Waals surface area (Å²) in [4.78, 5) is 30.4. The van der Waals surface area contributed by atoms with Crippen molar-refractivity contribution in [2.24, 2.45) is 0 Å². The molecule has 2 aromatic heterocycles. The van der Waals surface area contributed by atoms with E-state index in [1.807, 2.05) is 38.1 Å². The van der Waals surface area contributed by atoms with Gasteiger partial charge >= 0.3 is 0 Å². The number of benzene rings is 1. The van der Waals surface area contributed by atoms with Crippen LogP contribution < -0.4 is 4.90 Å². The highest BCUT2D eigenvalue weighted by Crippen LogP contribution is 2.30. The number of carbonyl (C=O) groups excluding carboxylic acids is 1. The van der Waals surface area contributed by atoms with E-state index in [4.69, 9.17) is 9.97 Å². The fourth-order valence-corrected chi connectivity index (χ4v) is 3.58. The van der Waals surface area contributed by atoms with Crippen molar-refractivity contribution in [1.29, 1.82) is 0 Å². The molecule has 0 spiro atoms. The van der Waals surface area contributed by atoms with Crippen molar-refractivity contribution in [3.8, 4) is 17.1 Å². The van der Waals surface area contributed by atoms with Crippen LogP contribution in [0, 0.1) is 6.92 Å². The Labute approximate surface area is 169 Å². The Morgan fingerprint density at radius 3 is 2.62 bits per heavy atom. The van der Waals surface area contributed by atoms with Crippen LogP contribution in [0.5, 0.6) is 5.75 Å². The second kappa shape index (κ2) is 7.50. The zero-order valence-electron chi connectivity index (χ0n) is 16.8. The lowest BCUT2D eigenvalue weighted by Crippen LogP contribution is -2.37. The third-order valence-corrected chi connectivity index (χ3v) is 5.08. The van der Waals surface area contributed by atoms with E-state index in [0.717, 1.165) is 28.2 Å². The second-order valence-electron chi connectivity index (χ2n) is 7.42. The summed E-state index contributed by atoms with van der Waals surface area (Å²) in [6.07, 6.45) is 4.09. The number of rotatable bonds is 3. The minimum Gasteiger partial charge on any atom is -0.507 e. The summed E-state index contributed by atoms with van der Waals surface area (Å²) in [5.41, 5.74) is 4.03. The predicted octanol–water partition coefficient (Wildman–Crippen LogP) is 2.82. The molecule has 0 fully saturated rings. The first-order valence-corrected chi connectivity index (χ1v) is 9.50. The molecule has 1 N–H and O–H groups in total. The smallest absolute Gasteiger partial charge is 0.257 e. The first-order chi connectivity index (χ1) is 13.9. The van der Waals surface area contributed by atoms with E-state index in [2.05, 4.69) is 4.98 Å². The number of carbonyl (C=O) groups is 1. The second-order valence-corrected chi connectivity index (χ2v) is 7.42. The number of hydrogen-bond donors (Lipinski definition) is 1.